The van der Waals surface area contributed by atoms with E-state index in [9.17, 15) is 20.6 Å². The quantitative estimate of drug-likeness (QED) is 0.608. The van der Waals surface area contributed by atoms with Gasteiger partial charge in [0.05, 0.1) is 19.1 Å². The van der Waals surface area contributed by atoms with E-state index in [1.807, 2.05) is 0 Å². The van der Waals surface area contributed by atoms with Crippen molar-refractivity contribution in [3.8, 4) is 23.6 Å². The number of benzene rings is 1. The molecule has 9 nitrogen and oxygen atoms in total. The lowest BCUT2D eigenvalue weighted by Crippen LogP contribution is -2.20. The van der Waals surface area contributed by atoms with Gasteiger partial charge < -0.3 is 9.47 Å². The van der Waals surface area contributed by atoms with Crippen LogP contribution in [0.5, 0.6) is 11.5 Å². The molecular weight excluding hydrogens is 386 g/mol. The molecule has 0 amide bonds. The molecule has 0 spiro atoms. The molecule has 0 bridgehead atoms. The van der Waals surface area contributed by atoms with E-state index in [1.165, 1.54) is 26.4 Å². The smallest absolute Gasteiger partial charge is 0.311 e. The number of nitrogens with two attached hydrogens (primary N) is 1. The van der Waals surface area contributed by atoms with Crippen LogP contribution in [0.1, 0.15) is 34.9 Å². The van der Waals surface area contributed by atoms with Gasteiger partial charge in [-0.3, -0.25) is 15.8 Å². The minimum atomic E-state index is -0.542. The molecule has 0 aliphatic heterocycles. The number of aromatic amines is 1. The third-order valence-electron chi connectivity index (χ3n) is 5.08. The molecule has 1 aromatic carbocycles. The number of nitriles is 2. The highest BCUT2D eigenvalue weighted by Crippen LogP contribution is 2.44. The fourth-order valence-corrected chi connectivity index (χ4v) is 3.59. The molecule has 9 heteroatoms. The fourth-order valence-electron chi connectivity index (χ4n) is 3.59. The molecule has 1 aliphatic rings. The van der Waals surface area contributed by atoms with Crippen molar-refractivity contribution in [3.05, 3.63) is 55.8 Å². The van der Waals surface area contributed by atoms with Crippen molar-refractivity contribution >= 4 is 28.7 Å². The monoisotopic (exact) mass is 404 g/mol. The van der Waals surface area contributed by atoms with E-state index in [4.69, 9.17) is 15.2 Å². The number of methoxy groups -OCH3 is 2. The lowest BCUT2D eigenvalue weighted by atomic mass is 9.95. The number of H-pyrrole nitrogens is 1. The number of fused-ring (bicyclic) bond motifs is 1. The Bertz CT molecular complexity index is 1250. The first-order valence-electron chi connectivity index (χ1n) is 8.78. The average Bonchev–Trinajstić information content (AvgIpc) is 2.98. The summed E-state index contributed by atoms with van der Waals surface area (Å²) in [5.41, 5.74) is 9.90. The number of nitrogens with one attached hydrogen (secondary N) is 1. The fraction of sp³-hybridized carbons (Fsp3) is 0.190. The van der Waals surface area contributed by atoms with Gasteiger partial charge in [-0.05, 0) is 36.6 Å². The van der Waals surface area contributed by atoms with E-state index in [1.54, 1.807) is 19.9 Å². The van der Waals surface area contributed by atoms with Gasteiger partial charge in [-0.25, -0.2) is 4.98 Å². The molecule has 0 fully saturated rings. The lowest BCUT2D eigenvalue weighted by molar-refractivity contribution is -0.385. The largest absolute Gasteiger partial charge is 0.496 e. The molecule has 150 valence electrons. The summed E-state index contributed by atoms with van der Waals surface area (Å²) in [7, 11) is 2.79. The number of anilines is 1. The Hall–Kier alpha value is -4.37. The van der Waals surface area contributed by atoms with E-state index in [-0.39, 0.29) is 22.8 Å². The van der Waals surface area contributed by atoms with Gasteiger partial charge in [-0.1, -0.05) is 0 Å². The van der Waals surface area contributed by atoms with E-state index < -0.39 is 4.92 Å². The van der Waals surface area contributed by atoms with Crippen molar-refractivity contribution in [2.75, 3.05) is 20.0 Å². The van der Waals surface area contributed by atoms with Gasteiger partial charge >= 0.3 is 5.69 Å². The number of pyridine rings is 1. The third-order valence-corrected chi connectivity index (χ3v) is 5.08. The van der Waals surface area contributed by atoms with Gasteiger partial charge in [0.25, 0.3) is 5.82 Å². The summed E-state index contributed by atoms with van der Waals surface area (Å²) in [4.78, 5) is 13.9. The van der Waals surface area contributed by atoms with Crippen LogP contribution in [-0.4, -0.2) is 19.1 Å². The first-order chi connectivity index (χ1) is 14.3. The lowest BCUT2D eigenvalue weighted by Gasteiger charge is -2.11. The maximum atomic E-state index is 11.5. The molecule has 0 saturated carbocycles. The Labute approximate surface area is 172 Å². The number of nitro benzene ring substituents is 1. The van der Waals surface area contributed by atoms with E-state index in [0.29, 0.717) is 44.9 Å². The second-order valence-electron chi connectivity index (χ2n) is 6.59. The molecule has 1 aromatic heterocycles. The Balaban J connectivity index is 2.37. The van der Waals surface area contributed by atoms with E-state index in [2.05, 4.69) is 17.1 Å². The number of nitro groups is 1. The minimum Gasteiger partial charge on any atom is -0.496 e. The van der Waals surface area contributed by atoms with Crippen LogP contribution < -0.4 is 20.2 Å². The molecule has 2 aromatic rings. The predicted octanol–water partition coefficient (Wildman–Crippen LogP) is 3.04. The summed E-state index contributed by atoms with van der Waals surface area (Å²) in [6, 6.07) is 7.02. The van der Waals surface area contributed by atoms with Crippen LogP contribution >= 0.6 is 0 Å². The number of aromatic nitrogens is 1. The van der Waals surface area contributed by atoms with Gasteiger partial charge in [-0.15, -0.1) is 0 Å². The molecule has 3 N–H and O–H groups in total. The van der Waals surface area contributed by atoms with Crippen molar-refractivity contribution < 1.29 is 19.4 Å². The standard InChI is InChI=1S/C21H17N5O4/c1-10-13(5-12-6-16(26(27)28)18(30-4)7-17(12)29-3)19-11(2)15(9-23)21(24)25-20(19)14(10)8-22/h5-7H,1-4H3,(H2,24,25)/p+1/b13-5+. The summed E-state index contributed by atoms with van der Waals surface area (Å²) in [5.74, 6) is 0.607. The van der Waals surface area contributed by atoms with Gasteiger partial charge in [0, 0.05) is 23.3 Å². The van der Waals surface area contributed by atoms with Crippen LogP contribution in [0.3, 0.4) is 0 Å². The van der Waals surface area contributed by atoms with E-state index in [0.717, 1.165) is 0 Å². The maximum absolute atomic E-state index is 11.5. The van der Waals surface area contributed by atoms with Crippen LogP contribution in [0.25, 0.3) is 17.2 Å². The molecule has 30 heavy (non-hydrogen) atoms. The normalized spacial score (nSPS) is 13.6. The molecule has 0 atom stereocenters. The SMILES string of the molecule is COc1cc(OC)c([N+](=O)[O-])cc1/C=C1\C(C)=C(C#N)c2[nH+]c(N)c(C#N)c(C)c21. The maximum Gasteiger partial charge on any atom is 0.311 e. The second-order valence-corrected chi connectivity index (χ2v) is 6.59. The highest BCUT2D eigenvalue weighted by atomic mass is 16.6. The summed E-state index contributed by atoms with van der Waals surface area (Å²) in [6.07, 6.45) is 1.70. The summed E-state index contributed by atoms with van der Waals surface area (Å²) >= 11 is 0. The van der Waals surface area contributed by atoms with Crippen molar-refractivity contribution in [2.24, 2.45) is 0 Å². The van der Waals surface area contributed by atoms with Crippen molar-refractivity contribution in [1.29, 1.82) is 10.5 Å². The molecule has 0 unspecified atom stereocenters. The van der Waals surface area contributed by atoms with Gasteiger partial charge in [-0.2, -0.15) is 10.5 Å². The summed E-state index contributed by atoms with van der Waals surface area (Å²) in [5, 5.41) is 30.6. The van der Waals surface area contributed by atoms with Gasteiger partial charge in [0.15, 0.2) is 5.69 Å². The zero-order chi connectivity index (χ0) is 22.2. The van der Waals surface area contributed by atoms with Crippen molar-refractivity contribution in [3.63, 3.8) is 0 Å². The zero-order valence-electron chi connectivity index (χ0n) is 16.8. The van der Waals surface area contributed by atoms with Crippen molar-refractivity contribution in [1.82, 2.24) is 0 Å². The first kappa shape index (κ1) is 20.4. The number of ether oxygens (including phenoxy) is 2. The van der Waals surface area contributed by atoms with Crippen LogP contribution in [0.15, 0.2) is 17.7 Å². The number of nitrogens with zero attached hydrogens (tertiary/aromatic N) is 3. The van der Waals surface area contributed by atoms with Gasteiger partial charge in [0.2, 0.25) is 5.75 Å². The number of hydrogen-bond acceptors (Lipinski definition) is 7. The van der Waals surface area contributed by atoms with Crippen LogP contribution in [-0.2, 0) is 0 Å². The topological polar surface area (TPSA) is 149 Å². The molecule has 0 radical (unpaired) electrons. The highest BCUT2D eigenvalue weighted by Gasteiger charge is 2.32. The molecule has 3 rings (SSSR count). The van der Waals surface area contributed by atoms with Crippen LogP contribution in [0, 0.1) is 39.7 Å². The Kier molecular flexibility index (Phi) is 5.14. The van der Waals surface area contributed by atoms with Crippen LogP contribution in [0.2, 0.25) is 0 Å². The van der Waals surface area contributed by atoms with Gasteiger partial charge in [0.1, 0.15) is 29.0 Å². The first-order valence-corrected chi connectivity index (χ1v) is 8.78. The van der Waals surface area contributed by atoms with Crippen molar-refractivity contribution in [2.45, 2.75) is 13.8 Å². The average molecular weight is 404 g/mol. The molecule has 1 aliphatic carbocycles. The molecule has 0 saturated heterocycles. The Morgan fingerprint density at radius 3 is 2.37 bits per heavy atom. The highest BCUT2D eigenvalue weighted by molar-refractivity contribution is 6.08. The summed E-state index contributed by atoms with van der Waals surface area (Å²) < 4.78 is 10.5. The second kappa shape index (κ2) is 7.57. The minimum absolute atomic E-state index is 0.0693. The number of rotatable bonds is 4. The number of allylic oxidation sites excluding steroid dienone is 3. The third kappa shape index (κ3) is 2.99. The number of hydrogen-bond donors (Lipinski definition) is 1. The predicted molar refractivity (Wildman–Crippen MR) is 109 cm³/mol. The summed E-state index contributed by atoms with van der Waals surface area (Å²) in [6.45, 7) is 3.51. The molecular formula is C21H18N5O4+. The Morgan fingerprint density at radius 2 is 1.83 bits per heavy atom. The van der Waals surface area contributed by atoms with Crippen LogP contribution in [0.4, 0.5) is 11.5 Å². The zero-order valence-corrected chi connectivity index (χ0v) is 16.8. The van der Waals surface area contributed by atoms with E-state index >= 15 is 0 Å². The Morgan fingerprint density at radius 1 is 1.17 bits per heavy atom. The molecule has 1 heterocycles. The number of nitrogen functional groups attached to an aromatic ring is 1.